The second-order valence-corrected chi connectivity index (χ2v) is 2.06. The number of Topliss-reactive ketones (excluding diaryl/α,β-unsaturated/α-hetero) is 1. The van der Waals surface area contributed by atoms with Crippen molar-refractivity contribution in [3.8, 4) is 6.07 Å². The van der Waals surface area contributed by atoms with Gasteiger partial charge in [-0.05, 0) is 0 Å². The second-order valence-electron chi connectivity index (χ2n) is 2.06. The van der Waals surface area contributed by atoms with Crippen LogP contribution in [0.15, 0.2) is 0 Å². The number of nitrogens with zero attached hydrogens (tertiary/aromatic N) is 1. The van der Waals surface area contributed by atoms with Gasteiger partial charge >= 0.3 is 0 Å². The first-order valence-corrected chi connectivity index (χ1v) is 3.01. The van der Waals surface area contributed by atoms with Crippen LogP contribution < -0.4 is 0 Å². The first-order chi connectivity index (χ1) is 5.11. The normalized spacial score (nSPS) is 15.1. The zero-order chi connectivity index (χ0) is 8.85. The number of carbonyl (C=O) groups excluding carboxylic acids is 1. The molecular weight excluding hydrogens is 150 g/mol. The van der Waals surface area contributed by atoms with Crippen LogP contribution in [0.2, 0.25) is 0 Å². The molecule has 0 radical (unpaired) electrons. The number of ketones is 1. The third kappa shape index (κ3) is 3.68. The number of aliphatic hydroxyl groups excluding tert-OH is 3. The summed E-state index contributed by atoms with van der Waals surface area (Å²) in [5.41, 5.74) is 0. The Morgan fingerprint density at radius 2 is 2.00 bits per heavy atom. The molecule has 0 rings (SSSR count). The van der Waals surface area contributed by atoms with E-state index in [1.54, 1.807) is 0 Å². The molecule has 5 nitrogen and oxygen atoms in total. The van der Waals surface area contributed by atoms with Gasteiger partial charge in [-0.2, -0.15) is 5.26 Å². The van der Waals surface area contributed by atoms with Crippen molar-refractivity contribution in [2.24, 2.45) is 0 Å². The van der Waals surface area contributed by atoms with Crippen molar-refractivity contribution < 1.29 is 20.1 Å². The molecule has 0 aliphatic rings. The molecule has 0 fully saturated rings. The van der Waals surface area contributed by atoms with Crippen molar-refractivity contribution in [2.75, 3.05) is 6.61 Å². The minimum atomic E-state index is -1.35. The maximum atomic E-state index is 10.3. The summed E-state index contributed by atoms with van der Waals surface area (Å²) in [4.78, 5) is 10.3. The monoisotopic (exact) mass is 159 g/mol. The molecule has 2 atom stereocenters. The Morgan fingerprint density at radius 1 is 1.45 bits per heavy atom. The molecule has 0 aliphatic heterocycles. The van der Waals surface area contributed by atoms with Crippen LogP contribution in [-0.2, 0) is 4.79 Å². The van der Waals surface area contributed by atoms with E-state index in [0.717, 1.165) is 0 Å². The predicted octanol–water partition coefficient (Wildman–Crippen LogP) is -1.82. The van der Waals surface area contributed by atoms with E-state index in [1.165, 1.54) is 6.07 Å². The Hall–Kier alpha value is -0.960. The highest BCUT2D eigenvalue weighted by atomic mass is 16.4. The van der Waals surface area contributed by atoms with Gasteiger partial charge in [-0.1, -0.05) is 0 Å². The SMILES string of the molecule is N#CC(=O)C[C@@H](O)[C@H](O)CO. The van der Waals surface area contributed by atoms with Gasteiger partial charge in [0.1, 0.15) is 12.2 Å². The minimum Gasteiger partial charge on any atom is -0.394 e. The Bertz CT molecular complexity index is 174. The van der Waals surface area contributed by atoms with Crippen LogP contribution in [0, 0.1) is 11.3 Å². The van der Waals surface area contributed by atoms with E-state index in [2.05, 4.69) is 0 Å². The highest BCUT2D eigenvalue weighted by molar-refractivity contribution is 5.93. The molecule has 0 unspecified atom stereocenters. The lowest BCUT2D eigenvalue weighted by Gasteiger charge is -2.12. The summed E-state index contributed by atoms with van der Waals surface area (Å²) in [5, 5.41) is 33.8. The van der Waals surface area contributed by atoms with Crippen molar-refractivity contribution >= 4 is 5.78 Å². The number of carbonyl (C=O) groups is 1. The third-order valence-corrected chi connectivity index (χ3v) is 1.15. The van der Waals surface area contributed by atoms with Gasteiger partial charge in [0, 0.05) is 6.42 Å². The molecule has 62 valence electrons. The van der Waals surface area contributed by atoms with Gasteiger partial charge in [0.25, 0.3) is 0 Å². The van der Waals surface area contributed by atoms with Crippen molar-refractivity contribution in [2.45, 2.75) is 18.6 Å². The van der Waals surface area contributed by atoms with Crippen molar-refractivity contribution in [3.63, 3.8) is 0 Å². The summed E-state index contributed by atoms with van der Waals surface area (Å²) in [5.74, 6) is -0.815. The van der Waals surface area contributed by atoms with Gasteiger partial charge in [0.2, 0.25) is 5.78 Å². The van der Waals surface area contributed by atoms with E-state index in [9.17, 15) is 4.79 Å². The van der Waals surface area contributed by atoms with Gasteiger partial charge in [-0.15, -0.1) is 0 Å². The van der Waals surface area contributed by atoms with Gasteiger partial charge in [-0.3, -0.25) is 4.79 Å². The highest BCUT2D eigenvalue weighted by Gasteiger charge is 2.18. The summed E-state index contributed by atoms with van der Waals surface area (Å²) >= 11 is 0. The molecule has 0 bridgehead atoms. The number of nitriles is 1. The first-order valence-electron chi connectivity index (χ1n) is 3.01. The van der Waals surface area contributed by atoms with E-state index >= 15 is 0 Å². The minimum absolute atomic E-state index is 0.446. The Balaban J connectivity index is 3.79. The van der Waals surface area contributed by atoms with Gasteiger partial charge in [0.05, 0.1) is 12.7 Å². The van der Waals surface area contributed by atoms with E-state index in [-0.39, 0.29) is 0 Å². The number of rotatable bonds is 4. The summed E-state index contributed by atoms with van der Waals surface area (Å²) in [7, 11) is 0. The van der Waals surface area contributed by atoms with E-state index in [0.29, 0.717) is 0 Å². The maximum absolute atomic E-state index is 10.3. The summed E-state index contributed by atoms with van der Waals surface area (Å²) in [6, 6.07) is 1.28. The lowest BCUT2D eigenvalue weighted by Crippen LogP contribution is -2.31. The van der Waals surface area contributed by atoms with Crippen LogP contribution >= 0.6 is 0 Å². The smallest absolute Gasteiger partial charge is 0.234 e. The quantitative estimate of drug-likeness (QED) is 0.419. The van der Waals surface area contributed by atoms with Crippen LogP contribution in [0.25, 0.3) is 0 Å². The first kappa shape index (κ1) is 10.0. The number of hydrogen-bond donors (Lipinski definition) is 3. The topological polar surface area (TPSA) is 102 Å². The molecule has 0 amide bonds. The lowest BCUT2D eigenvalue weighted by molar-refractivity contribution is -0.118. The fourth-order valence-electron chi connectivity index (χ4n) is 0.493. The molecule has 0 heterocycles. The van der Waals surface area contributed by atoms with Crippen molar-refractivity contribution in [3.05, 3.63) is 0 Å². The lowest BCUT2D eigenvalue weighted by atomic mass is 10.1. The molecule has 5 heteroatoms. The maximum Gasteiger partial charge on any atom is 0.234 e. The molecule has 0 saturated heterocycles. The third-order valence-electron chi connectivity index (χ3n) is 1.15. The van der Waals surface area contributed by atoms with Crippen LogP contribution in [-0.4, -0.2) is 39.9 Å². The molecule has 0 aromatic carbocycles. The van der Waals surface area contributed by atoms with Crippen LogP contribution in [0.4, 0.5) is 0 Å². The van der Waals surface area contributed by atoms with Gasteiger partial charge in [-0.25, -0.2) is 0 Å². The highest BCUT2D eigenvalue weighted by Crippen LogP contribution is 1.98. The zero-order valence-electron chi connectivity index (χ0n) is 5.77. The van der Waals surface area contributed by atoms with E-state index < -0.39 is 31.0 Å². The van der Waals surface area contributed by atoms with Crippen LogP contribution in [0.5, 0.6) is 0 Å². The Labute approximate surface area is 63.5 Å². The largest absolute Gasteiger partial charge is 0.394 e. The number of aliphatic hydroxyl groups is 3. The Morgan fingerprint density at radius 3 is 2.36 bits per heavy atom. The predicted molar refractivity (Wildman–Crippen MR) is 34.3 cm³/mol. The number of hydrogen-bond acceptors (Lipinski definition) is 5. The Kier molecular flexibility index (Phi) is 4.38. The van der Waals surface area contributed by atoms with Gasteiger partial charge < -0.3 is 15.3 Å². The molecule has 0 saturated carbocycles. The van der Waals surface area contributed by atoms with Gasteiger partial charge in [0.15, 0.2) is 0 Å². The molecule has 0 aromatic rings. The standard InChI is InChI=1S/C6H9NO4/c7-2-4(9)1-5(10)6(11)3-8/h5-6,8,10-11H,1,3H2/t5-,6-/m1/s1. The molecule has 0 aliphatic carbocycles. The van der Waals surface area contributed by atoms with E-state index in [1.807, 2.05) is 0 Å². The molecule has 11 heavy (non-hydrogen) atoms. The van der Waals surface area contributed by atoms with Crippen LogP contribution in [0.3, 0.4) is 0 Å². The summed E-state index contributed by atoms with van der Waals surface area (Å²) in [6.45, 7) is -0.625. The van der Waals surface area contributed by atoms with Crippen molar-refractivity contribution in [1.82, 2.24) is 0 Å². The molecular formula is C6H9NO4. The fraction of sp³-hybridized carbons (Fsp3) is 0.667. The zero-order valence-corrected chi connectivity index (χ0v) is 5.77. The summed E-state index contributed by atoms with van der Waals surface area (Å²) in [6.07, 6.45) is -3.16. The molecule has 0 spiro atoms. The van der Waals surface area contributed by atoms with Crippen molar-refractivity contribution in [1.29, 1.82) is 5.26 Å². The van der Waals surface area contributed by atoms with Crippen LogP contribution in [0.1, 0.15) is 6.42 Å². The average molecular weight is 159 g/mol. The summed E-state index contributed by atoms with van der Waals surface area (Å²) < 4.78 is 0. The molecule has 0 aromatic heterocycles. The fourth-order valence-corrected chi connectivity index (χ4v) is 0.493. The second kappa shape index (κ2) is 4.79. The average Bonchev–Trinajstić information content (AvgIpc) is 2.02. The molecule has 3 N–H and O–H groups in total. The van der Waals surface area contributed by atoms with E-state index in [4.69, 9.17) is 20.6 Å².